The number of aromatic nitrogens is 1. The molecular formula is C18H18ClF2N3O3S. The van der Waals surface area contributed by atoms with E-state index in [1.165, 1.54) is 18.3 Å². The van der Waals surface area contributed by atoms with Crippen LogP contribution in [-0.4, -0.2) is 38.2 Å². The number of carbonyl (C=O) groups is 1. The Morgan fingerprint density at radius 3 is 2.54 bits per heavy atom. The molecule has 1 aromatic heterocycles. The van der Waals surface area contributed by atoms with Crippen LogP contribution in [0, 0.1) is 5.92 Å². The molecule has 0 radical (unpaired) electrons. The summed E-state index contributed by atoms with van der Waals surface area (Å²) in [6.07, 6.45) is 2.91. The molecular weight excluding hydrogens is 412 g/mol. The van der Waals surface area contributed by atoms with E-state index in [0.29, 0.717) is 36.0 Å². The lowest BCUT2D eigenvalue weighted by Gasteiger charge is -2.33. The first kappa shape index (κ1) is 20.5. The largest absolute Gasteiger partial charge is 0.371 e. The standard InChI is InChI=1S/C18H18ClF2N3O3S/c19-13-3-8-16(22-10-13)23-17(25)12-2-1-9-24(11-12)14-4-6-15(7-5-14)28(26,27)18(20)21/h3-8,10,12,18H,1-2,9,11H2,(H,22,23,25). The number of nitrogens with one attached hydrogen (secondary N) is 1. The highest BCUT2D eigenvalue weighted by atomic mass is 35.5. The van der Waals surface area contributed by atoms with E-state index in [2.05, 4.69) is 10.3 Å². The fourth-order valence-corrected chi connectivity index (χ4v) is 3.89. The van der Waals surface area contributed by atoms with Crippen molar-refractivity contribution in [3.05, 3.63) is 47.6 Å². The Morgan fingerprint density at radius 1 is 1.21 bits per heavy atom. The predicted octanol–water partition coefficient (Wildman–Crippen LogP) is 3.59. The van der Waals surface area contributed by atoms with Crippen LogP contribution < -0.4 is 10.2 Å². The van der Waals surface area contributed by atoms with Gasteiger partial charge < -0.3 is 10.2 Å². The van der Waals surface area contributed by atoms with E-state index in [1.807, 2.05) is 4.90 Å². The molecule has 1 aliphatic heterocycles. The Bertz CT molecular complexity index is 938. The smallest absolute Gasteiger partial charge is 0.341 e. The van der Waals surface area contributed by atoms with Gasteiger partial charge in [-0.25, -0.2) is 13.4 Å². The van der Waals surface area contributed by atoms with Crippen molar-refractivity contribution in [2.75, 3.05) is 23.3 Å². The zero-order chi connectivity index (χ0) is 20.3. The van der Waals surface area contributed by atoms with Crippen molar-refractivity contribution >= 4 is 38.9 Å². The molecule has 28 heavy (non-hydrogen) atoms. The number of carbonyl (C=O) groups excluding carboxylic acids is 1. The van der Waals surface area contributed by atoms with Gasteiger partial charge in [0, 0.05) is 25.0 Å². The van der Waals surface area contributed by atoms with Gasteiger partial charge in [-0.05, 0) is 49.2 Å². The van der Waals surface area contributed by atoms with Gasteiger partial charge in [0.1, 0.15) is 5.82 Å². The lowest BCUT2D eigenvalue weighted by molar-refractivity contribution is -0.120. The van der Waals surface area contributed by atoms with Gasteiger partial charge in [0.05, 0.1) is 15.8 Å². The maximum atomic E-state index is 12.6. The third kappa shape index (κ3) is 4.59. The number of pyridine rings is 1. The van der Waals surface area contributed by atoms with Crippen molar-refractivity contribution in [3.8, 4) is 0 Å². The lowest BCUT2D eigenvalue weighted by atomic mass is 9.96. The summed E-state index contributed by atoms with van der Waals surface area (Å²) in [5.41, 5.74) is 0.676. The summed E-state index contributed by atoms with van der Waals surface area (Å²) in [7, 11) is -4.62. The summed E-state index contributed by atoms with van der Waals surface area (Å²) in [5, 5.41) is 3.23. The van der Waals surface area contributed by atoms with E-state index in [9.17, 15) is 22.0 Å². The molecule has 1 unspecified atom stereocenters. The summed E-state index contributed by atoms with van der Waals surface area (Å²) >= 11 is 5.78. The molecule has 6 nitrogen and oxygen atoms in total. The van der Waals surface area contributed by atoms with Gasteiger partial charge in [-0.2, -0.15) is 8.78 Å². The van der Waals surface area contributed by atoms with Gasteiger partial charge in [0.2, 0.25) is 15.7 Å². The number of sulfone groups is 1. The average molecular weight is 430 g/mol. The fraction of sp³-hybridized carbons (Fsp3) is 0.333. The summed E-state index contributed by atoms with van der Waals surface area (Å²) in [4.78, 5) is 18.1. The van der Waals surface area contributed by atoms with Crippen molar-refractivity contribution in [3.63, 3.8) is 0 Å². The van der Waals surface area contributed by atoms with Crippen LogP contribution in [0.2, 0.25) is 5.02 Å². The van der Waals surface area contributed by atoms with Crippen LogP contribution >= 0.6 is 11.6 Å². The van der Waals surface area contributed by atoms with E-state index in [4.69, 9.17) is 11.6 Å². The number of anilines is 2. The molecule has 1 amide bonds. The Labute approximate surface area is 166 Å². The zero-order valence-electron chi connectivity index (χ0n) is 14.7. The van der Waals surface area contributed by atoms with Crippen molar-refractivity contribution in [2.45, 2.75) is 23.5 Å². The van der Waals surface area contributed by atoms with Gasteiger partial charge in [-0.15, -0.1) is 0 Å². The van der Waals surface area contributed by atoms with Crippen molar-refractivity contribution in [1.82, 2.24) is 4.98 Å². The van der Waals surface area contributed by atoms with Crippen LogP contribution in [0.25, 0.3) is 0 Å². The Kier molecular flexibility index (Phi) is 6.14. The predicted molar refractivity (Wildman–Crippen MR) is 102 cm³/mol. The van der Waals surface area contributed by atoms with Crippen LogP contribution in [0.4, 0.5) is 20.3 Å². The number of piperidine rings is 1. The highest BCUT2D eigenvalue weighted by molar-refractivity contribution is 7.91. The minimum absolute atomic E-state index is 0.170. The lowest BCUT2D eigenvalue weighted by Crippen LogP contribution is -2.40. The van der Waals surface area contributed by atoms with Crippen LogP contribution in [0.15, 0.2) is 47.5 Å². The third-order valence-corrected chi connectivity index (χ3v) is 6.16. The monoisotopic (exact) mass is 429 g/mol. The molecule has 0 spiro atoms. The molecule has 0 saturated carbocycles. The minimum Gasteiger partial charge on any atom is -0.371 e. The van der Waals surface area contributed by atoms with Crippen molar-refractivity contribution in [2.24, 2.45) is 5.92 Å². The number of nitrogens with zero attached hydrogens (tertiary/aromatic N) is 2. The topological polar surface area (TPSA) is 79.4 Å². The first-order valence-electron chi connectivity index (χ1n) is 8.57. The van der Waals surface area contributed by atoms with Crippen molar-refractivity contribution in [1.29, 1.82) is 0 Å². The van der Waals surface area contributed by atoms with Gasteiger partial charge >= 0.3 is 5.76 Å². The third-order valence-electron chi connectivity index (χ3n) is 4.54. The fourth-order valence-electron chi connectivity index (χ4n) is 3.05. The van der Waals surface area contributed by atoms with Crippen LogP contribution in [0.5, 0.6) is 0 Å². The number of rotatable bonds is 5. The Hall–Kier alpha value is -2.26. The summed E-state index contributed by atoms with van der Waals surface area (Å²) in [6.45, 7) is 1.12. The Morgan fingerprint density at radius 2 is 1.93 bits per heavy atom. The average Bonchev–Trinajstić information content (AvgIpc) is 2.70. The van der Waals surface area contributed by atoms with Crippen molar-refractivity contribution < 1.29 is 22.0 Å². The van der Waals surface area contributed by atoms with E-state index in [1.54, 1.807) is 12.1 Å². The summed E-state index contributed by atoms with van der Waals surface area (Å²) in [6, 6.07) is 8.54. The highest BCUT2D eigenvalue weighted by Gasteiger charge is 2.28. The minimum atomic E-state index is -4.62. The van der Waals surface area contributed by atoms with Crippen LogP contribution in [0.3, 0.4) is 0 Å². The molecule has 10 heteroatoms. The molecule has 1 saturated heterocycles. The SMILES string of the molecule is O=C(Nc1ccc(Cl)cn1)C1CCCN(c2ccc(S(=O)(=O)C(F)F)cc2)C1. The molecule has 0 bridgehead atoms. The first-order chi connectivity index (χ1) is 13.3. The van der Waals surface area contributed by atoms with E-state index in [-0.39, 0.29) is 11.8 Å². The molecule has 2 heterocycles. The van der Waals surface area contributed by atoms with E-state index in [0.717, 1.165) is 18.6 Å². The maximum absolute atomic E-state index is 12.6. The van der Waals surface area contributed by atoms with E-state index < -0.39 is 20.5 Å². The quantitative estimate of drug-likeness (QED) is 0.785. The first-order valence-corrected chi connectivity index (χ1v) is 10.5. The molecule has 1 N–H and O–H groups in total. The van der Waals surface area contributed by atoms with Gasteiger partial charge in [0.15, 0.2) is 0 Å². The molecule has 150 valence electrons. The number of amides is 1. The molecule has 1 atom stereocenters. The second-order valence-corrected chi connectivity index (χ2v) is 8.79. The second-order valence-electron chi connectivity index (χ2n) is 6.44. The number of halogens is 3. The van der Waals surface area contributed by atoms with Gasteiger partial charge in [-0.3, -0.25) is 4.79 Å². The molecule has 1 aromatic carbocycles. The van der Waals surface area contributed by atoms with Gasteiger partial charge in [-0.1, -0.05) is 11.6 Å². The van der Waals surface area contributed by atoms with Crippen LogP contribution in [-0.2, 0) is 14.6 Å². The highest BCUT2D eigenvalue weighted by Crippen LogP contribution is 2.26. The van der Waals surface area contributed by atoms with Crippen LogP contribution in [0.1, 0.15) is 12.8 Å². The molecule has 2 aromatic rings. The van der Waals surface area contributed by atoms with Gasteiger partial charge in [0.25, 0.3) is 0 Å². The summed E-state index contributed by atoms with van der Waals surface area (Å²) < 4.78 is 48.3. The molecule has 1 fully saturated rings. The number of hydrogen-bond acceptors (Lipinski definition) is 5. The maximum Gasteiger partial charge on any atom is 0.341 e. The molecule has 3 rings (SSSR count). The second kappa shape index (κ2) is 8.40. The molecule has 1 aliphatic rings. The number of alkyl halides is 2. The normalized spacial score (nSPS) is 17.6. The Balaban J connectivity index is 1.67. The number of benzene rings is 1. The van der Waals surface area contributed by atoms with E-state index >= 15 is 0 Å². The summed E-state index contributed by atoms with van der Waals surface area (Å²) in [5.74, 6) is -3.50. The number of hydrogen-bond donors (Lipinski definition) is 1. The zero-order valence-corrected chi connectivity index (χ0v) is 16.3. The molecule has 0 aliphatic carbocycles.